The van der Waals surface area contributed by atoms with Crippen LogP contribution in [0.2, 0.25) is 0 Å². The highest BCUT2D eigenvalue weighted by Gasteiger charge is 2.23. The lowest BCUT2D eigenvalue weighted by molar-refractivity contribution is 0.101. The van der Waals surface area contributed by atoms with Crippen LogP contribution in [0.4, 0.5) is 0 Å². The first-order valence-corrected chi connectivity index (χ1v) is 4.95. The monoisotopic (exact) mass is 193 g/mol. The maximum Gasteiger partial charge on any atom is 0.161 e. The van der Waals surface area contributed by atoms with Gasteiger partial charge in [0.05, 0.1) is 0 Å². The zero-order valence-corrected chi connectivity index (χ0v) is 9.91. The third-order valence-electron chi connectivity index (χ3n) is 2.54. The van der Waals surface area contributed by atoms with Crippen molar-refractivity contribution in [2.45, 2.75) is 47.0 Å². The summed E-state index contributed by atoms with van der Waals surface area (Å²) in [5.74, 6) is 0.145. The summed E-state index contributed by atoms with van der Waals surface area (Å²) in [4.78, 5) is 14.7. The maximum atomic E-state index is 11.4. The van der Waals surface area contributed by atoms with Crippen LogP contribution >= 0.6 is 0 Å². The largest absolute Gasteiger partial charge is 0.361 e. The number of H-pyrrole nitrogens is 1. The minimum absolute atomic E-state index is 0.0720. The highest BCUT2D eigenvalue weighted by Crippen LogP contribution is 2.28. The molecule has 0 aliphatic carbocycles. The second kappa shape index (κ2) is 3.26. The van der Waals surface area contributed by atoms with Gasteiger partial charge in [0, 0.05) is 22.4 Å². The average Bonchev–Trinajstić information content (AvgIpc) is 2.24. The Hall–Kier alpha value is -1.05. The summed E-state index contributed by atoms with van der Waals surface area (Å²) in [6, 6.07) is 0. The molecule has 0 spiro atoms. The van der Waals surface area contributed by atoms with Crippen molar-refractivity contribution in [3.63, 3.8) is 0 Å². The molecule has 0 saturated carbocycles. The van der Waals surface area contributed by atoms with Gasteiger partial charge in [0.1, 0.15) is 0 Å². The number of nitrogens with one attached hydrogen (secondary N) is 1. The molecular formula is C12H19NO. The zero-order valence-electron chi connectivity index (χ0n) is 9.91. The number of rotatable bonds is 1. The highest BCUT2D eigenvalue weighted by atomic mass is 16.1. The van der Waals surface area contributed by atoms with Crippen molar-refractivity contribution in [2.75, 3.05) is 0 Å². The lowest BCUT2D eigenvalue weighted by Crippen LogP contribution is -2.13. The molecule has 1 aromatic rings. The Kier molecular flexibility index (Phi) is 2.57. The van der Waals surface area contributed by atoms with Gasteiger partial charge in [0.25, 0.3) is 0 Å². The van der Waals surface area contributed by atoms with E-state index in [4.69, 9.17) is 0 Å². The Morgan fingerprint density at radius 1 is 1.21 bits per heavy atom. The van der Waals surface area contributed by atoms with Gasteiger partial charge in [-0.15, -0.1) is 0 Å². The van der Waals surface area contributed by atoms with Crippen LogP contribution in [0.1, 0.15) is 55.0 Å². The molecule has 2 nitrogen and oxygen atoms in total. The van der Waals surface area contributed by atoms with Gasteiger partial charge >= 0.3 is 0 Å². The van der Waals surface area contributed by atoms with Gasteiger partial charge in [-0.2, -0.15) is 0 Å². The van der Waals surface area contributed by atoms with E-state index in [1.165, 1.54) is 5.69 Å². The predicted octanol–water partition coefficient (Wildman–Crippen LogP) is 3.13. The summed E-state index contributed by atoms with van der Waals surface area (Å²) >= 11 is 0. The quantitative estimate of drug-likeness (QED) is 0.683. The number of hydrogen-bond donors (Lipinski definition) is 1. The van der Waals surface area contributed by atoms with Gasteiger partial charge in [0.15, 0.2) is 5.78 Å². The minimum Gasteiger partial charge on any atom is -0.361 e. The van der Waals surface area contributed by atoms with E-state index in [1.807, 2.05) is 13.8 Å². The zero-order chi connectivity index (χ0) is 11.1. The van der Waals surface area contributed by atoms with Crippen LogP contribution in [0.15, 0.2) is 0 Å². The smallest absolute Gasteiger partial charge is 0.161 e. The van der Waals surface area contributed by atoms with Crippen LogP contribution in [0, 0.1) is 13.8 Å². The first kappa shape index (κ1) is 11.0. The lowest BCUT2D eigenvalue weighted by Gasteiger charge is -2.18. The molecule has 1 N–H and O–H groups in total. The van der Waals surface area contributed by atoms with Crippen molar-refractivity contribution < 1.29 is 4.79 Å². The SMILES string of the molecule is CC(=O)c1c(C)[nH]c(C(C)(C)C)c1C. The van der Waals surface area contributed by atoms with E-state index in [9.17, 15) is 4.79 Å². The Bertz CT molecular complexity index is 366. The van der Waals surface area contributed by atoms with Crippen molar-refractivity contribution in [1.82, 2.24) is 4.98 Å². The first-order chi connectivity index (χ1) is 6.25. The Balaban J connectivity index is 3.39. The van der Waals surface area contributed by atoms with Gasteiger partial charge in [-0.1, -0.05) is 20.8 Å². The average molecular weight is 193 g/mol. The van der Waals surface area contributed by atoms with E-state index >= 15 is 0 Å². The van der Waals surface area contributed by atoms with Crippen LogP contribution in [0.3, 0.4) is 0 Å². The van der Waals surface area contributed by atoms with E-state index in [-0.39, 0.29) is 11.2 Å². The molecule has 1 aromatic heterocycles. The maximum absolute atomic E-state index is 11.4. The van der Waals surface area contributed by atoms with Crippen LogP contribution in [0.5, 0.6) is 0 Å². The van der Waals surface area contributed by atoms with Crippen LogP contribution in [-0.4, -0.2) is 10.8 Å². The third kappa shape index (κ3) is 1.74. The van der Waals surface area contributed by atoms with E-state index in [0.29, 0.717) is 0 Å². The summed E-state index contributed by atoms with van der Waals surface area (Å²) in [5.41, 5.74) is 4.18. The fourth-order valence-corrected chi connectivity index (χ4v) is 2.03. The topological polar surface area (TPSA) is 32.9 Å². The summed E-state index contributed by atoms with van der Waals surface area (Å²) in [5, 5.41) is 0. The van der Waals surface area contributed by atoms with E-state index in [1.54, 1.807) is 6.92 Å². The number of aromatic amines is 1. The van der Waals surface area contributed by atoms with E-state index in [0.717, 1.165) is 16.8 Å². The molecule has 0 fully saturated rings. The molecule has 1 heterocycles. The number of ketones is 1. The third-order valence-corrected chi connectivity index (χ3v) is 2.54. The van der Waals surface area contributed by atoms with Crippen molar-refractivity contribution in [3.8, 4) is 0 Å². The number of aromatic nitrogens is 1. The molecule has 78 valence electrons. The molecule has 0 aliphatic heterocycles. The molecule has 0 unspecified atom stereocenters. The molecule has 0 atom stereocenters. The fourth-order valence-electron chi connectivity index (χ4n) is 2.03. The molecule has 1 rings (SSSR count). The summed E-state index contributed by atoms with van der Waals surface area (Å²) in [7, 11) is 0. The molecule has 0 bridgehead atoms. The summed E-state index contributed by atoms with van der Waals surface area (Å²) in [6.45, 7) is 12.0. The van der Waals surface area contributed by atoms with Crippen molar-refractivity contribution in [1.29, 1.82) is 0 Å². The summed E-state index contributed by atoms with van der Waals surface area (Å²) in [6.07, 6.45) is 0. The van der Waals surface area contributed by atoms with Gasteiger partial charge in [-0.3, -0.25) is 4.79 Å². The molecule has 2 heteroatoms. The first-order valence-electron chi connectivity index (χ1n) is 4.95. The van der Waals surface area contributed by atoms with Crippen LogP contribution in [0.25, 0.3) is 0 Å². The normalized spacial score (nSPS) is 11.9. The summed E-state index contributed by atoms with van der Waals surface area (Å²) < 4.78 is 0. The van der Waals surface area contributed by atoms with Crippen molar-refractivity contribution >= 4 is 5.78 Å². The number of aryl methyl sites for hydroxylation is 1. The molecule has 0 aromatic carbocycles. The lowest BCUT2D eigenvalue weighted by atomic mass is 9.88. The Morgan fingerprint density at radius 2 is 1.71 bits per heavy atom. The number of carbonyl (C=O) groups is 1. The number of hydrogen-bond acceptors (Lipinski definition) is 1. The van der Waals surface area contributed by atoms with Crippen LogP contribution < -0.4 is 0 Å². The highest BCUT2D eigenvalue weighted by molar-refractivity contribution is 5.97. The van der Waals surface area contributed by atoms with E-state index in [2.05, 4.69) is 25.8 Å². The van der Waals surface area contributed by atoms with Gasteiger partial charge in [0.2, 0.25) is 0 Å². The molecule has 0 radical (unpaired) electrons. The molecule has 0 saturated heterocycles. The Morgan fingerprint density at radius 3 is 1.93 bits per heavy atom. The van der Waals surface area contributed by atoms with Gasteiger partial charge < -0.3 is 4.98 Å². The predicted molar refractivity (Wildman–Crippen MR) is 59.0 cm³/mol. The standard InChI is InChI=1S/C12H19NO/c1-7-10(9(3)14)8(2)13-11(7)12(4,5)6/h13H,1-6H3. The number of carbonyl (C=O) groups excluding carboxylic acids is 1. The number of Topliss-reactive ketones (excluding diaryl/α,β-unsaturated/α-hetero) is 1. The molecule has 0 amide bonds. The van der Waals surface area contributed by atoms with Crippen molar-refractivity contribution in [2.24, 2.45) is 0 Å². The molecule has 0 aliphatic rings. The molecular weight excluding hydrogens is 174 g/mol. The second-order valence-corrected chi connectivity index (χ2v) is 4.93. The molecule has 14 heavy (non-hydrogen) atoms. The Labute approximate surface area is 85.7 Å². The van der Waals surface area contributed by atoms with Crippen molar-refractivity contribution in [3.05, 3.63) is 22.5 Å². The minimum atomic E-state index is 0.0720. The van der Waals surface area contributed by atoms with E-state index < -0.39 is 0 Å². The van der Waals surface area contributed by atoms with Gasteiger partial charge in [-0.25, -0.2) is 0 Å². The van der Waals surface area contributed by atoms with Crippen LogP contribution in [-0.2, 0) is 5.41 Å². The fraction of sp³-hybridized carbons (Fsp3) is 0.583. The van der Waals surface area contributed by atoms with Gasteiger partial charge in [-0.05, 0) is 26.3 Å². The second-order valence-electron chi connectivity index (χ2n) is 4.93.